The van der Waals surface area contributed by atoms with Gasteiger partial charge in [0.1, 0.15) is 11.5 Å². The number of ether oxygens (including phenoxy) is 1. The first-order chi connectivity index (χ1) is 15.7. The van der Waals surface area contributed by atoms with Crippen LogP contribution in [0.15, 0.2) is 84.4 Å². The van der Waals surface area contributed by atoms with Crippen molar-refractivity contribution in [2.24, 2.45) is 0 Å². The summed E-state index contributed by atoms with van der Waals surface area (Å²) >= 11 is 0. The summed E-state index contributed by atoms with van der Waals surface area (Å²) in [6.07, 6.45) is -4.64. The number of carbonyl (C=O) groups is 2. The minimum Gasteiger partial charge on any atom is -0.507 e. The van der Waals surface area contributed by atoms with Crippen molar-refractivity contribution in [1.82, 2.24) is 0 Å². The number of nitrogens with zero attached hydrogens (tertiary/aromatic N) is 1. The van der Waals surface area contributed by atoms with E-state index in [1.165, 1.54) is 19.2 Å². The Morgan fingerprint density at radius 1 is 0.939 bits per heavy atom. The van der Waals surface area contributed by atoms with E-state index in [0.29, 0.717) is 16.9 Å². The molecule has 1 aliphatic heterocycles. The van der Waals surface area contributed by atoms with Crippen LogP contribution < -0.4 is 9.64 Å². The highest BCUT2D eigenvalue weighted by Gasteiger charge is 2.47. The number of halogens is 3. The molecule has 3 aromatic carbocycles. The van der Waals surface area contributed by atoms with Crippen LogP contribution in [0.2, 0.25) is 0 Å². The third-order valence-corrected chi connectivity index (χ3v) is 5.37. The summed E-state index contributed by atoms with van der Waals surface area (Å²) < 4.78 is 45.1. The minimum atomic E-state index is -4.64. The molecule has 33 heavy (non-hydrogen) atoms. The topological polar surface area (TPSA) is 66.8 Å². The van der Waals surface area contributed by atoms with Gasteiger partial charge in [0.25, 0.3) is 11.7 Å². The Hall–Kier alpha value is -4.07. The molecular formula is C25H18F3NO4. The number of anilines is 1. The van der Waals surface area contributed by atoms with Gasteiger partial charge in [-0.05, 0) is 35.9 Å². The molecule has 1 unspecified atom stereocenters. The van der Waals surface area contributed by atoms with Gasteiger partial charge in [-0.25, -0.2) is 0 Å². The largest absolute Gasteiger partial charge is 0.507 e. The van der Waals surface area contributed by atoms with Crippen LogP contribution in [0.5, 0.6) is 5.75 Å². The Morgan fingerprint density at radius 3 is 2.21 bits per heavy atom. The van der Waals surface area contributed by atoms with Gasteiger partial charge in [0, 0.05) is 11.3 Å². The van der Waals surface area contributed by atoms with E-state index in [1.807, 2.05) is 0 Å². The lowest BCUT2D eigenvalue weighted by molar-refractivity contribution is -0.137. The van der Waals surface area contributed by atoms with Gasteiger partial charge in [-0.3, -0.25) is 14.5 Å². The molecule has 168 valence electrons. The number of rotatable bonds is 4. The summed E-state index contributed by atoms with van der Waals surface area (Å²) in [7, 11) is 1.47. The molecule has 0 spiro atoms. The van der Waals surface area contributed by atoms with E-state index in [-0.39, 0.29) is 11.3 Å². The maximum atomic E-state index is 13.3. The lowest BCUT2D eigenvalue weighted by Gasteiger charge is -2.26. The summed E-state index contributed by atoms with van der Waals surface area (Å²) in [4.78, 5) is 27.1. The second kappa shape index (κ2) is 8.46. The molecule has 0 aliphatic carbocycles. The number of aliphatic hydroxyl groups excluding tert-OH is 1. The van der Waals surface area contributed by atoms with Gasteiger partial charge in [0.15, 0.2) is 0 Å². The van der Waals surface area contributed by atoms with E-state index in [2.05, 4.69) is 0 Å². The van der Waals surface area contributed by atoms with Gasteiger partial charge in [-0.15, -0.1) is 0 Å². The lowest BCUT2D eigenvalue weighted by atomic mass is 9.95. The predicted octanol–water partition coefficient (Wildman–Crippen LogP) is 5.34. The third-order valence-electron chi connectivity index (χ3n) is 5.37. The standard InChI is InChI=1S/C25H18F3NO4/c1-33-19-12-10-15(11-13-19)21-20(22(30)16-6-3-2-4-7-16)23(31)24(32)29(21)18-9-5-8-17(14-18)25(26,27)28/h2-14,21,30H,1H3/b22-20-. The van der Waals surface area contributed by atoms with Crippen LogP contribution in [0.25, 0.3) is 5.76 Å². The number of benzene rings is 3. The molecule has 1 amide bonds. The number of methoxy groups -OCH3 is 1. The molecule has 8 heteroatoms. The Morgan fingerprint density at radius 2 is 1.61 bits per heavy atom. The average molecular weight is 453 g/mol. The zero-order chi connectivity index (χ0) is 23.8. The Bertz CT molecular complexity index is 1230. The first-order valence-corrected chi connectivity index (χ1v) is 9.90. The van der Waals surface area contributed by atoms with Crippen LogP contribution in [0.4, 0.5) is 18.9 Å². The molecule has 1 N–H and O–H groups in total. The summed E-state index contributed by atoms with van der Waals surface area (Å²) in [5.74, 6) is -1.93. The first-order valence-electron chi connectivity index (χ1n) is 9.90. The van der Waals surface area contributed by atoms with Crippen LogP contribution in [0, 0.1) is 0 Å². The first kappa shape index (κ1) is 22.1. The van der Waals surface area contributed by atoms with Gasteiger partial charge in [-0.2, -0.15) is 13.2 Å². The molecule has 1 heterocycles. The van der Waals surface area contributed by atoms with Gasteiger partial charge in [0.05, 0.1) is 24.3 Å². The van der Waals surface area contributed by atoms with Gasteiger partial charge in [0.2, 0.25) is 0 Å². The Labute approximate surface area is 187 Å². The fourth-order valence-corrected chi connectivity index (χ4v) is 3.78. The highest BCUT2D eigenvalue weighted by molar-refractivity contribution is 6.51. The van der Waals surface area contributed by atoms with E-state index in [9.17, 15) is 27.9 Å². The maximum Gasteiger partial charge on any atom is 0.416 e. The van der Waals surface area contributed by atoms with Crippen molar-refractivity contribution in [1.29, 1.82) is 0 Å². The van der Waals surface area contributed by atoms with Gasteiger partial charge in [-0.1, -0.05) is 48.5 Å². The number of hydrogen-bond acceptors (Lipinski definition) is 4. The zero-order valence-corrected chi connectivity index (χ0v) is 17.3. The van der Waals surface area contributed by atoms with Crippen LogP contribution in [0.1, 0.15) is 22.7 Å². The number of hydrogen-bond donors (Lipinski definition) is 1. The smallest absolute Gasteiger partial charge is 0.416 e. The highest BCUT2D eigenvalue weighted by atomic mass is 19.4. The number of alkyl halides is 3. The third kappa shape index (κ3) is 4.07. The molecule has 1 atom stereocenters. The van der Waals surface area contributed by atoms with Gasteiger partial charge >= 0.3 is 6.18 Å². The molecule has 1 saturated heterocycles. The highest BCUT2D eigenvalue weighted by Crippen LogP contribution is 2.43. The van der Waals surface area contributed by atoms with Crippen LogP contribution in [-0.2, 0) is 15.8 Å². The van der Waals surface area contributed by atoms with Crippen LogP contribution >= 0.6 is 0 Å². The Balaban J connectivity index is 1.94. The maximum absolute atomic E-state index is 13.3. The molecule has 0 aromatic heterocycles. The van der Waals surface area contributed by atoms with Crippen LogP contribution in [0.3, 0.4) is 0 Å². The minimum absolute atomic E-state index is 0.111. The average Bonchev–Trinajstić information content (AvgIpc) is 3.09. The summed E-state index contributed by atoms with van der Waals surface area (Å²) in [6.45, 7) is 0. The molecular weight excluding hydrogens is 435 g/mol. The summed E-state index contributed by atoms with van der Waals surface area (Å²) in [5.41, 5.74) is -0.560. The van der Waals surface area contributed by atoms with Crippen molar-refractivity contribution >= 4 is 23.1 Å². The van der Waals surface area contributed by atoms with E-state index in [4.69, 9.17) is 4.74 Å². The predicted molar refractivity (Wildman–Crippen MR) is 116 cm³/mol. The quantitative estimate of drug-likeness (QED) is 0.329. The number of carbonyl (C=O) groups excluding carboxylic acids is 2. The Kier molecular flexibility index (Phi) is 5.68. The van der Waals surface area contributed by atoms with E-state index < -0.39 is 35.2 Å². The van der Waals surface area contributed by atoms with Crippen molar-refractivity contribution in [3.05, 3.63) is 101 Å². The number of Topliss-reactive ketones (excluding diaryl/α,β-unsaturated/α-hetero) is 1. The molecule has 0 radical (unpaired) electrons. The summed E-state index contributed by atoms with van der Waals surface area (Å²) in [6, 6.07) is 17.6. The molecule has 0 bridgehead atoms. The van der Waals surface area contributed by atoms with Crippen molar-refractivity contribution in [2.75, 3.05) is 12.0 Å². The molecule has 0 saturated carbocycles. The summed E-state index contributed by atoms with van der Waals surface area (Å²) in [5, 5.41) is 11.0. The number of aliphatic hydroxyl groups is 1. The number of amides is 1. The molecule has 1 aliphatic rings. The SMILES string of the molecule is COc1ccc(C2/C(=C(/O)c3ccccc3)C(=O)C(=O)N2c2cccc(C(F)(F)F)c2)cc1. The van der Waals surface area contributed by atoms with Crippen molar-refractivity contribution in [3.63, 3.8) is 0 Å². The molecule has 4 rings (SSSR count). The fourth-order valence-electron chi connectivity index (χ4n) is 3.78. The van der Waals surface area contributed by atoms with Crippen LogP contribution in [-0.4, -0.2) is 23.9 Å². The second-order valence-electron chi connectivity index (χ2n) is 7.36. The zero-order valence-electron chi connectivity index (χ0n) is 17.3. The van der Waals surface area contributed by atoms with Crippen molar-refractivity contribution in [3.8, 4) is 5.75 Å². The van der Waals surface area contributed by atoms with Crippen molar-refractivity contribution in [2.45, 2.75) is 12.2 Å². The normalized spacial score (nSPS) is 17.9. The van der Waals surface area contributed by atoms with Gasteiger partial charge < -0.3 is 9.84 Å². The molecule has 3 aromatic rings. The molecule has 5 nitrogen and oxygen atoms in total. The monoisotopic (exact) mass is 453 g/mol. The fraction of sp³-hybridized carbons (Fsp3) is 0.120. The lowest BCUT2D eigenvalue weighted by Crippen LogP contribution is -2.29. The van der Waals surface area contributed by atoms with Crippen molar-refractivity contribution < 1.29 is 32.6 Å². The number of ketones is 1. The van der Waals surface area contributed by atoms with E-state index in [1.54, 1.807) is 54.6 Å². The van der Waals surface area contributed by atoms with E-state index in [0.717, 1.165) is 17.0 Å². The molecule has 1 fully saturated rings. The van der Waals surface area contributed by atoms with E-state index >= 15 is 0 Å². The second-order valence-corrected chi connectivity index (χ2v) is 7.36.